The zero-order valence-corrected chi connectivity index (χ0v) is 17.1. The molecule has 3 aromatic rings. The number of aryl methyl sites for hydroxylation is 1. The molecule has 0 bridgehead atoms. The van der Waals surface area contributed by atoms with E-state index in [9.17, 15) is 9.59 Å². The molecule has 0 aromatic heterocycles. The average Bonchev–Trinajstić information content (AvgIpc) is 3.04. The van der Waals surface area contributed by atoms with Gasteiger partial charge in [0.15, 0.2) is 5.76 Å². The van der Waals surface area contributed by atoms with Crippen molar-refractivity contribution in [2.75, 3.05) is 0 Å². The molecule has 0 atom stereocenters. The second-order valence-corrected chi connectivity index (χ2v) is 7.63. The molecule has 0 amide bonds. The highest BCUT2D eigenvalue weighted by molar-refractivity contribution is 6.15. The Labute approximate surface area is 175 Å². The highest BCUT2D eigenvalue weighted by Gasteiger charge is 2.30. The van der Waals surface area contributed by atoms with E-state index in [1.165, 1.54) is 5.56 Å². The van der Waals surface area contributed by atoms with E-state index in [1.807, 2.05) is 18.2 Å². The van der Waals surface area contributed by atoms with Gasteiger partial charge >= 0.3 is 5.97 Å². The van der Waals surface area contributed by atoms with Gasteiger partial charge in [-0.15, -0.1) is 0 Å². The van der Waals surface area contributed by atoms with Crippen molar-refractivity contribution in [1.29, 1.82) is 0 Å². The van der Waals surface area contributed by atoms with E-state index in [4.69, 9.17) is 9.47 Å². The van der Waals surface area contributed by atoms with Gasteiger partial charge in [0.05, 0.1) is 11.1 Å². The van der Waals surface area contributed by atoms with Gasteiger partial charge in [0.2, 0.25) is 5.78 Å². The topological polar surface area (TPSA) is 52.6 Å². The van der Waals surface area contributed by atoms with Crippen LogP contribution in [0.5, 0.6) is 11.5 Å². The first-order valence-corrected chi connectivity index (χ1v) is 9.88. The number of rotatable bonds is 4. The van der Waals surface area contributed by atoms with Crippen molar-refractivity contribution >= 4 is 17.8 Å². The van der Waals surface area contributed by atoms with Crippen molar-refractivity contribution in [3.05, 3.63) is 100 Å². The van der Waals surface area contributed by atoms with Gasteiger partial charge in [-0.1, -0.05) is 56.3 Å². The number of hydrogen-bond acceptors (Lipinski definition) is 4. The number of ketones is 1. The standard InChI is InChI=1S/C26H22O4/c1-16(2)19-11-9-18(10-12-19)14-23-25(27)24-17(3)13-21(15-22(24)30-23)29-26(28)20-7-5-4-6-8-20/h4-16H,1-3H3/b23-14-. The maximum Gasteiger partial charge on any atom is 0.343 e. The lowest BCUT2D eigenvalue weighted by molar-refractivity contribution is 0.0734. The van der Waals surface area contributed by atoms with Gasteiger partial charge in [0, 0.05) is 6.07 Å². The zero-order chi connectivity index (χ0) is 21.3. The summed E-state index contributed by atoms with van der Waals surface area (Å²) < 4.78 is 11.3. The Morgan fingerprint density at radius 1 is 1.00 bits per heavy atom. The lowest BCUT2D eigenvalue weighted by Crippen LogP contribution is -2.08. The smallest absolute Gasteiger partial charge is 0.343 e. The van der Waals surface area contributed by atoms with Crippen LogP contribution in [0, 0.1) is 6.92 Å². The molecule has 1 heterocycles. The number of Topliss-reactive ketones (excluding diaryl/α,β-unsaturated/α-hetero) is 1. The van der Waals surface area contributed by atoms with Crippen molar-refractivity contribution < 1.29 is 19.1 Å². The molecular formula is C26H22O4. The summed E-state index contributed by atoms with van der Waals surface area (Å²) in [5.41, 5.74) is 3.79. The van der Waals surface area contributed by atoms with Crippen LogP contribution in [0.15, 0.2) is 72.5 Å². The fourth-order valence-corrected chi connectivity index (χ4v) is 3.41. The molecule has 30 heavy (non-hydrogen) atoms. The van der Waals surface area contributed by atoms with Crippen LogP contribution in [0.2, 0.25) is 0 Å². The molecule has 0 spiro atoms. The summed E-state index contributed by atoms with van der Waals surface area (Å²) in [6, 6.07) is 20.1. The maximum atomic E-state index is 12.9. The Morgan fingerprint density at radius 2 is 1.70 bits per heavy atom. The summed E-state index contributed by atoms with van der Waals surface area (Å²) in [6.07, 6.45) is 1.74. The number of carbonyl (C=O) groups excluding carboxylic acids is 2. The number of esters is 1. The molecule has 0 aliphatic carbocycles. The molecule has 0 radical (unpaired) electrons. The molecule has 0 N–H and O–H groups in total. The fraction of sp³-hybridized carbons (Fsp3) is 0.154. The number of fused-ring (bicyclic) bond motifs is 1. The van der Waals surface area contributed by atoms with Crippen LogP contribution >= 0.6 is 0 Å². The van der Waals surface area contributed by atoms with Gasteiger partial charge in [0.25, 0.3) is 0 Å². The van der Waals surface area contributed by atoms with E-state index < -0.39 is 5.97 Å². The van der Waals surface area contributed by atoms with Gasteiger partial charge in [-0.3, -0.25) is 4.79 Å². The quantitative estimate of drug-likeness (QED) is 0.309. The molecule has 0 saturated carbocycles. The number of allylic oxidation sites excluding steroid dienone is 1. The van der Waals surface area contributed by atoms with Crippen molar-refractivity contribution in [2.45, 2.75) is 26.7 Å². The van der Waals surface area contributed by atoms with Crippen LogP contribution in [0.25, 0.3) is 6.08 Å². The molecule has 4 rings (SSSR count). The first-order chi connectivity index (χ1) is 14.4. The highest BCUT2D eigenvalue weighted by atomic mass is 16.5. The fourth-order valence-electron chi connectivity index (χ4n) is 3.41. The van der Waals surface area contributed by atoms with Crippen molar-refractivity contribution in [1.82, 2.24) is 0 Å². The number of hydrogen-bond donors (Lipinski definition) is 0. The van der Waals surface area contributed by atoms with Gasteiger partial charge in [-0.05, 0) is 53.8 Å². The van der Waals surface area contributed by atoms with E-state index >= 15 is 0 Å². The largest absolute Gasteiger partial charge is 0.452 e. The average molecular weight is 398 g/mol. The van der Waals surface area contributed by atoms with Crippen molar-refractivity contribution in [3.63, 3.8) is 0 Å². The monoisotopic (exact) mass is 398 g/mol. The summed E-state index contributed by atoms with van der Waals surface area (Å²) in [5.74, 6) is 0.824. The number of ether oxygens (including phenoxy) is 2. The summed E-state index contributed by atoms with van der Waals surface area (Å²) in [6.45, 7) is 6.08. The minimum atomic E-state index is -0.458. The number of carbonyl (C=O) groups is 2. The molecular weight excluding hydrogens is 376 g/mol. The molecule has 4 nitrogen and oxygen atoms in total. The van der Waals surface area contributed by atoms with Crippen LogP contribution in [0.1, 0.15) is 57.2 Å². The predicted octanol–water partition coefficient (Wildman–Crippen LogP) is 5.95. The Kier molecular flexibility index (Phi) is 5.23. The summed E-state index contributed by atoms with van der Waals surface area (Å²) in [5, 5.41) is 0. The molecule has 1 aliphatic heterocycles. The van der Waals surface area contributed by atoms with Crippen molar-refractivity contribution in [2.24, 2.45) is 0 Å². The van der Waals surface area contributed by atoms with Crippen LogP contribution in [0.3, 0.4) is 0 Å². The molecule has 0 fully saturated rings. The van der Waals surface area contributed by atoms with Gasteiger partial charge in [0.1, 0.15) is 11.5 Å². The summed E-state index contributed by atoms with van der Waals surface area (Å²) in [7, 11) is 0. The first-order valence-electron chi connectivity index (χ1n) is 9.88. The summed E-state index contributed by atoms with van der Waals surface area (Å²) in [4.78, 5) is 25.2. The van der Waals surface area contributed by atoms with Crippen LogP contribution in [-0.4, -0.2) is 11.8 Å². The predicted molar refractivity (Wildman–Crippen MR) is 116 cm³/mol. The zero-order valence-electron chi connectivity index (χ0n) is 17.1. The lowest BCUT2D eigenvalue weighted by atomic mass is 10.0. The summed E-state index contributed by atoms with van der Waals surface area (Å²) >= 11 is 0. The second-order valence-electron chi connectivity index (χ2n) is 7.63. The minimum Gasteiger partial charge on any atom is -0.452 e. The third-order valence-electron chi connectivity index (χ3n) is 5.06. The third kappa shape index (κ3) is 3.90. The van der Waals surface area contributed by atoms with Gasteiger partial charge in [-0.2, -0.15) is 0 Å². The SMILES string of the molecule is Cc1cc(OC(=O)c2ccccc2)cc2c1C(=O)/C(=C/c1ccc(C(C)C)cc1)O2. The second kappa shape index (κ2) is 7.99. The maximum absolute atomic E-state index is 12.9. The Morgan fingerprint density at radius 3 is 2.37 bits per heavy atom. The third-order valence-corrected chi connectivity index (χ3v) is 5.06. The normalized spacial score (nSPS) is 14.0. The lowest BCUT2D eigenvalue weighted by Gasteiger charge is -2.07. The Hall–Kier alpha value is -3.66. The molecule has 3 aromatic carbocycles. The van der Waals surface area contributed by atoms with E-state index in [-0.39, 0.29) is 11.5 Å². The van der Waals surface area contributed by atoms with E-state index in [2.05, 4.69) is 26.0 Å². The van der Waals surface area contributed by atoms with E-state index in [0.717, 1.165) is 5.56 Å². The van der Waals surface area contributed by atoms with Gasteiger partial charge in [-0.25, -0.2) is 4.79 Å². The highest BCUT2D eigenvalue weighted by Crippen LogP contribution is 2.37. The van der Waals surface area contributed by atoms with Crippen LogP contribution in [-0.2, 0) is 0 Å². The van der Waals surface area contributed by atoms with Crippen molar-refractivity contribution in [3.8, 4) is 11.5 Å². The molecule has 1 aliphatic rings. The molecule has 4 heteroatoms. The van der Waals surface area contributed by atoms with E-state index in [0.29, 0.717) is 34.1 Å². The Balaban J connectivity index is 1.58. The Bertz CT molecular complexity index is 1140. The van der Waals surface area contributed by atoms with Crippen LogP contribution < -0.4 is 9.47 Å². The number of benzene rings is 3. The first kappa shape index (κ1) is 19.6. The molecule has 150 valence electrons. The minimum absolute atomic E-state index is 0.170. The molecule has 0 saturated heterocycles. The van der Waals surface area contributed by atoms with E-state index in [1.54, 1.807) is 49.4 Å². The van der Waals surface area contributed by atoms with Crippen LogP contribution in [0.4, 0.5) is 0 Å². The molecule has 0 unspecified atom stereocenters. The van der Waals surface area contributed by atoms with Gasteiger partial charge < -0.3 is 9.47 Å².